The molecule has 0 saturated heterocycles. The van der Waals surface area contributed by atoms with E-state index in [1.165, 1.54) is 76.8 Å². The van der Waals surface area contributed by atoms with Gasteiger partial charge in [-0.15, -0.1) is 0 Å². The molecule has 0 fully saturated rings. The van der Waals surface area contributed by atoms with Crippen LogP contribution in [0.5, 0.6) is 0 Å². The Kier molecular flexibility index (Phi) is 12.3. The van der Waals surface area contributed by atoms with E-state index in [9.17, 15) is 0 Å². The summed E-state index contributed by atoms with van der Waals surface area (Å²) in [6.45, 7) is 0. The summed E-state index contributed by atoms with van der Waals surface area (Å²) >= 11 is 0. The van der Waals surface area contributed by atoms with Crippen molar-refractivity contribution in [1.29, 1.82) is 0 Å². The van der Waals surface area contributed by atoms with Gasteiger partial charge in [0, 0.05) is 34.1 Å². The van der Waals surface area contributed by atoms with Gasteiger partial charge in [0.05, 0.1) is 0 Å². The third-order valence-corrected chi connectivity index (χ3v) is 14.6. The molecule has 0 atom stereocenters. The van der Waals surface area contributed by atoms with E-state index in [-0.39, 0.29) is 0 Å². The van der Waals surface area contributed by atoms with E-state index in [1.54, 1.807) is 0 Å². The largest absolute Gasteiger partial charge is 0.311 e. The maximum atomic E-state index is 2.45. The van der Waals surface area contributed by atoms with Crippen molar-refractivity contribution >= 4 is 78.6 Å². The number of rotatable bonds is 12. The zero-order valence-corrected chi connectivity index (χ0v) is 41.9. The number of para-hydroxylation sites is 4. The lowest BCUT2D eigenvalue weighted by molar-refractivity contribution is 1.28. The topological polar surface area (TPSA) is 6.48 Å². The number of benzene rings is 13. The van der Waals surface area contributed by atoms with Crippen molar-refractivity contribution < 1.29 is 0 Å². The summed E-state index contributed by atoms with van der Waals surface area (Å²) in [6.07, 6.45) is 4.39. The van der Waals surface area contributed by atoms with Gasteiger partial charge in [0.15, 0.2) is 0 Å². The van der Waals surface area contributed by atoms with E-state index in [1.807, 2.05) is 0 Å². The van der Waals surface area contributed by atoms with Crippen LogP contribution >= 0.6 is 0 Å². The zero-order chi connectivity index (χ0) is 50.6. The van der Waals surface area contributed by atoms with Crippen LogP contribution < -0.4 is 9.80 Å². The van der Waals surface area contributed by atoms with Crippen LogP contribution in [0.3, 0.4) is 0 Å². The first-order valence-corrected chi connectivity index (χ1v) is 26.1. The van der Waals surface area contributed by atoms with Gasteiger partial charge in [0.25, 0.3) is 0 Å². The van der Waals surface area contributed by atoms with Crippen LogP contribution in [-0.2, 0) is 0 Å². The van der Waals surface area contributed by atoms with Crippen molar-refractivity contribution in [3.8, 4) is 44.5 Å². The summed E-state index contributed by atoms with van der Waals surface area (Å²) in [5.74, 6) is 0. The highest BCUT2D eigenvalue weighted by molar-refractivity contribution is 6.22. The van der Waals surface area contributed by atoms with Crippen molar-refractivity contribution in [3.63, 3.8) is 0 Å². The molecule has 13 rings (SSSR count). The Morgan fingerprint density at radius 1 is 0.197 bits per heavy atom. The van der Waals surface area contributed by atoms with Crippen molar-refractivity contribution in [2.24, 2.45) is 0 Å². The zero-order valence-electron chi connectivity index (χ0n) is 41.9. The second-order valence-corrected chi connectivity index (χ2v) is 19.2. The van der Waals surface area contributed by atoms with Crippen molar-refractivity contribution in [2.75, 3.05) is 9.80 Å². The lowest BCUT2D eigenvalue weighted by Crippen LogP contribution is -2.09. The van der Waals surface area contributed by atoms with Gasteiger partial charge in [-0.2, -0.15) is 0 Å². The van der Waals surface area contributed by atoms with Crippen molar-refractivity contribution in [3.05, 3.63) is 314 Å². The molecule has 13 aromatic carbocycles. The molecular weight excluding hydrogens is 917 g/mol. The summed E-state index contributed by atoms with van der Waals surface area (Å²) in [6, 6.07) is 110. The third-order valence-electron chi connectivity index (χ3n) is 14.6. The Balaban J connectivity index is 0.981. The standard InChI is InChI=1S/C74H52N2/c1-6-21-53(22-7-1)37-38-54-23-20-24-57(51-54)65-49-50-66(68-34-17-16-33-67(65)68)58-43-48-71-72(52-58)74(56-41-46-64(47-42-56)76(61-29-12-4-13-30-61)62-31-14-5-15-32-62)70-36-19-18-35-69(70)73(71)55-39-44-63(45-40-55)75(59-25-8-2-9-26-59)60-27-10-3-11-28-60/h1-52H. The summed E-state index contributed by atoms with van der Waals surface area (Å²) in [5, 5.41) is 7.26. The van der Waals surface area contributed by atoms with Crippen molar-refractivity contribution in [1.82, 2.24) is 0 Å². The van der Waals surface area contributed by atoms with Crippen LogP contribution in [0.25, 0.3) is 89.0 Å². The fraction of sp³-hybridized carbons (Fsp3) is 0. The number of nitrogens with zero attached hydrogens (tertiary/aromatic N) is 2. The number of fused-ring (bicyclic) bond motifs is 3. The molecule has 13 aromatic rings. The molecule has 2 nitrogen and oxygen atoms in total. The first-order chi connectivity index (χ1) is 37.7. The molecule has 0 unspecified atom stereocenters. The summed E-state index contributed by atoms with van der Waals surface area (Å²) in [7, 11) is 0. The van der Waals surface area contributed by atoms with Gasteiger partial charge in [-0.3, -0.25) is 0 Å². The first kappa shape index (κ1) is 45.8. The Hall–Kier alpha value is -10.0. The minimum Gasteiger partial charge on any atom is -0.311 e. The van der Waals surface area contributed by atoms with Crippen molar-refractivity contribution in [2.45, 2.75) is 0 Å². The van der Waals surface area contributed by atoms with Crippen LogP contribution in [0, 0.1) is 0 Å². The molecule has 0 aromatic heterocycles. The molecule has 0 aliphatic carbocycles. The maximum absolute atomic E-state index is 2.45. The number of hydrogen-bond acceptors (Lipinski definition) is 2. The SMILES string of the molecule is C(=Cc1cccc(-c2ccc(-c3ccc4c(-c5ccc(N(c6ccccc6)c6ccccc6)cc5)c5ccccc5c(-c5ccc(N(c6ccccc6)c6ccccc6)cc5)c4c3)c3ccccc23)c1)c1ccccc1. The molecule has 358 valence electrons. The predicted octanol–water partition coefficient (Wildman–Crippen LogP) is 20.9. The van der Waals surface area contributed by atoms with Gasteiger partial charge >= 0.3 is 0 Å². The molecule has 0 heterocycles. The maximum Gasteiger partial charge on any atom is 0.0462 e. The first-order valence-electron chi connectivity index (χ1n) is 26.1. The summed E-state index contributed by atoms with van der Waals surface area (Å²) in [5.41, 5.74) is 18.5. The average molecular weight is 969 g/mol. The average Bonchev–Trinajstić information content (AvgIpc) is 3.53. The highest BCUT2D eigenvalue weighted by Gasteiger charge is 2.21. The molecule has 0 aliphatic heterocycles. The Bertz CT molecular complexity index is 4090. The van der Waals surface area contributed by atoms with Crippen LogP contribution in [0.2, 0.25) is 0 Å². The van der Waals surface area contributed by atoms with E-state index in [0.717, 1.165) is 45.3 Å². The highest BCUT2D eigenvalue weighted by Crippen LogP contribution is 2.47. The second kappa shape index (κ2) is 20.5. The van der Waals surface area contributed by atoms with Crippen LogP contribution in [0.1, 0.15) is 11.1 Å². The van der Waals surface area contributed by atoms with E-state index in [2.05, 4.69) is 325 Å². The van der Waals surface area contributed by atoms with Gasteiger partial charge in [-0.1, -0.05) is 231 Å². The van der Waals surface area contributed by atoms with Gasteiger partial charge in [-0.25, -0.2) is 0 Å². The van der Waals surface area contributed by atoms with E-state index < -0.39 is 0 Å². The highest BCUT2D eigenvalue weighted by atomic mass is 15.1. The van der Waals surface area contributed by atoms with Crippen LogP contribution in [0.15, 0.2) is 303 Å². The van der Waals surface area contributed by atoms with E-state index in [4.69, 9.17) is 0 Å². The van der Waals surface area contributed by atoms with Crippen LogP contribution in [-0.4, -0.2) is 0 Å². The van der Waals surface area contributed by atoms with E-state index >= 15 is 0 Å². The molecular formula is C74H52N2. The van der Waals surface area contributed by atoms with Crippen LogP contribution in [0.4, 0.5) is 34.1 Å². The minimum atomic E-state index is 1.09. The molecule has 0 bridgehead atoms. The Labute approximate surface area is 445 Å². The summed E-state index contributed by atoms with van der Waals surface area (Å²) < 4.78 is 0. The molecule has 0 radical (unpaired) electrons. The number of hydrogen-bond donors (Lipinski definition) is 0. The van der Waals surface area contributed by atoms with Gasteiger partial charge in [0.2, 0.25) is 0 Å². The molecule has 0 N–H and O–H groups in total. The molecule has 0 saturated carbocycles. The quantitative estimate of drug-likeness (QED) is 0.0889. The van der Waals surface area contributed by atoms with Gasteiger partial charge in [-0.05, 0) is 173 Å². The molecule has 0 amide bonds. The Morgan fingerprint density at radius 2 is 0.526 bits per heavy atom. The fourth-order valence-corrected chi connectivity index (χ4v) is 11.1. The normalized spacial score (nSPS) is 11.4. The monoisotopic (exact) mass is 968 g/mol. The Morgan fingerprint density at radius 3 is 0.987 bits per heavy atom. The van der Waals surface area contributed by atoms with Gasteiger partial charge in [0.1, 0.15) is 0 Å². The van der Waals surface area contributed by atoms with Gasteiger partial charge < -0.3 is 9.80 Å². The lowest BCUT2D eigenvalue weighted by Gasteiger charge is -2.26. The summed E-state index contributed by atoms with van der Waals surface area (Å²) in [4.78, 5) is 4.65. The molecule has 0 spiro atoms. The minimum absolute atomic E-state index is 1.09. The second-order valence-electron chi connectivity index (χ2n) is 19.2. The third kappa shape index (κ3) is 8.89. The number of anilines is 6. The lowest BCUT2D eigenvalue weighted by atomic mass is 9.84. The van der Waals surface area contributed by atoms with E-state index in [0.29, 0.717) is 0 Å². The predicted molar refractivity (Wildman–Crippen MR) is 325 cm³/mol. The molecule has 76 heavy (non-hydrogen) atoms. The smallest absolute Gasteiger partial charge is 0.0462 e. The molecule has 2 heteroatoms. The fourth-order valence-electron chi connectivity index (χ4n) is 11.1. The molecule has 0 aliphatic rings.